The lowest BCUT2D eigenvalue weighted by Gasteiger charge is -2.14. The number of alkyl halides is 3. The molecule has 10 heteroatoms. The van der Waals surface area contributed by atoms with E-state index in [4.69, 9.17) is 11.6 Å². The Morgan fingerprint density at radius 2 is 1.93 bits per heavy atom. The molecule has 0 saturated carbocycles. The highest BCUT2D eigenvalue weighted by Gasteiger charge is 2.36. The van der Waals surface area contributed by atoms with Gasteiger partial charge in [-0.1, -0.05) is 11.6 Å². The van der Waals surface area contributed by atoms with E-state index in [2.05, 4.69) is 10.3 Å². The lowest BCUT2D eigenvalue weighted by atomic mass is 10.2. The highest BCUT2D eigenvalue weighted by Crippen LogP contribution is 2.33. The Labute approximate surface area is 155 Å². The van der Waals surface area contributed by atoms with Gasteiger partial charge in [0.05, 0.1) is 21.8 Å². The zero-order valence-electron chi connectivity index (χ0n) is 13.5. The summed E-state index contributed by atoms with van der Waals surface area (Å²) in [7, 11) is 0. The van der Waals surface area contributed by atoms with E-state index in [0.29, 0.717) is 6.07 Å². The minimum Gasteiger partial charge on any atom is -0.325 e. The molecule has 2 heterocycles. The van der Waals surface area contributed by atoms with Crippen LogP contribution >= 0.6 is 11.6 Å². The SMILES string of the molecule is O=C(CCN1C(=O)c2cccnc2C1=O)Nc1cc(C(F)(F)F)ccc1Cl. The first-order chi connectivity index (χ1) is 12.7. The van der Waals surface area contributed by atoms with Crippen molar-refractivity contribution in [3.05, 3.63) is 58.4 Å². The first-order valence-corrected chi connectivity index (χ1v) is 8.04. The molecule has 0 saturated heterocycles. The number of carbonyl (C=O) groups excluding carboxylic acids is 3. The molecule has 1 aliphatic heterocycles. The van der Waals surface area contributed by atoms with Crippen molar-refractivity contribution in [3.63, 3.8) is 0 Å². The molecule has 0 bridgehead atoms. The fraction of sp³-hybridized carbons (Fsp3) is 0.176. The summed E-state index contributed by atoms with van der Waals surface area (Å²) in [6.07, 6.45) is -3.52. The van der Waals surface area contributed by atoms with Crippen LogP contribution in [0.15, 0.2) is 36.5 Å². The Morgan fingerprint density at radius 1 is 1.19 bits per heavy atom. The lowest BCUT2D eigenvalue weighted by Crippen LogP contribution is -2.33. The van der Waals surface area contributed by atoms with Crippen LogP contribution in [0.2, 0.25) is 5.02 Å². The number of nitrogens with one attached hydrogen (secondary N) is 1. The Balaban J connectivity index is 1.66. The molecule has 0 unspecified atom stereocenters. The number of hydrogen-bond acceptors (Lipinski definition) is 4. The molecule has 0 spiro atoms. The van der Waals surface area contributed by atoms with Crippen molar-refractivity contribution in [3.8, 4) is 0 Å². The maximum Gasteiger partial charge on any atom is 0.416 e. The molecule has 0 aliphatic carbocycles. The quantitative estimate of drug-likeness (QED) is 0.802. The van der Waals surface area contributed by atoms with Crippen LogP contribution in [-0.4, -0.2) is 34.2 Å². The zero-order chi connectivity index (χ0) is 19.8. The van der Waals surface area contributed by atoms with Crippen molar-refractivity contribution < 1.29 is 27.6 Å². The maximum absolute atomic E-state index is 12.8. The number of anilines is 1. The number of fused-ring (bicyclic) bond motifs is 1. The summed E-state index contributed by atoms with van der Waals surface area (Å²) in [6.45, 7) is -0.240. The number of pyridine rings is 1. The van der Waals surface area contributed by atoms with Gasteiger partial charge in [-0.15, -0.1) is 0 Å². The van der Waals surface area contributed by atoms with Crippen LogP contribution in [0.25, 0.3) is 0 Å². The fourth-order valence-corrected chi connectivity index (χ4v) is 2.71. The van der Waals surface area contributed by atoms with Gasteiger partial charge < -0.3 is 5.32 Å². The average Bonchev–Trinajstić information content (AvgIpc) is 2.85. The molecule has 1 aliphatic rings. The number of imide groups is 1. The van der Waals surface area contributed by atoms with Gasteiger partial charge in [0.2, 0.25) is 5.91 Å². The topological polar surface area (TPSA) is 79.4 Å². The molecule has 0 fully saturated rings. The van der Waals surface area contributed by atoms with Gasteiger partial charge in [-0.3, -0.25) is 24.3 Å². The second-order valence-electron chi connectivity index (χ2n) is 5.65. The van der Waals surface area contributed by atoms with Crippen molar-refractivity contribution in [2.75, 3.05) is 11.9 Å². The third kappa shape index (κ3) is 3.77. The van der Waals surface area contributed by atoms with Gasteiger partial charge in [0, 0.05) is 19.2 Å². The molecule has 0 radical (unpaired) electrons. The first-order valence-electron chi connectivity index (χ1n) is 7.66. The maximum atomic E-state index is 12.8. The molecule has 1 aromatic heterocycles. The zero-order valence-corrected chi connectivity index (χ0v) is 14.3. The summed E-state index contributed by atoms with van der Waals surface area (Å²) in [5.74, 6) is -1.89. The molecule has 6 nitrogen and oxygen atoms in total. The van der Waals surface area contributed by atoms with Gasteiger partial charge in [0.15, 0.2) is 0 Å². The largest absolute Gasteiger partial charge is 0.416 e. The Morgan fingerprint density at radius 3 is 2.59 bits per heavy atom. The van der Waals surface area contributed by atoms with Crippen molar-refractivity contribution in [2.45, 2.75) is 12.6 Å². The van der Waals surface area contributed by atoms with Gasteiger partial charge >= 0.3 is 6.18 Å². The Hall–Kier alpha value is -2.94. The van der Waals surface area contributed by atoms with E-state index >= 15 is 0 Å². The molecular weight excluding hydrogens is 387 g/mol. The minimum absolute atomic E-state index is 0.00355. The van der Waals surface area contributed by atoms with Crippen molar-refractivity contribution in [1.82, 2.24) is 9.88 Å². The predicted molar refractivity (Wildman–Crippen MR) is 89.3 cm³/mol. The number of hydrogen-bond donors (Lipinski definition) is 1. The molecule has 1 aromatic carbocycles. The van der Waals surface area contributed by atoms with Gasteiger partial charge in [0.25, 0.3) is 11.8 Å². The number of nitrogens with zero attached hydrogens (tertiary/aromatic N) is 2. The third-order valence-corrected chi connectivity index (χ3v) is 4.19. The fourth-order valence-electron chi connectivity index (χ4n) is 2.54. The van der Waals surface area contributed by atoms with Crippen LogP contribution in [-0.2, 0) is 11.0 Å². The monoisotopic (exact) mass is 397 g/mol. The summed E-state index contributed by atoms with van der Waals surface area (Å²) in [5, 5.41) is 2.19. The number of aromatic nitrogens is 1. The van der Waals surface area contributed by atoms with Gasteiger partial charge in [0.1, 0.15) is 5.69 Å². The Kier molecular flexibility index (Phi) is 4.88. The molecule has 3 rings (SSSR count). The smallest absolute Gasteiger partial charge is 0.325 e. The van der Waals surface area contributed by atoms with Crippen LogP contribution in [0.1, 0.15) is 32.8 Å². The summed E-state index contributed by atoms with van der Waals surface area (Å²) in [6, 6.07) is 5.49. The van der Waals surface area contributed by atoms with E-state index in [-0.39, 0.29) is 34.9 Å². The van der Waals surface area contributed by atoms with Crippen LogP contribution in [0.4, 0.5) is 18.9 Å². The molecule has 1 N–H and O–H groups in total. The highest BCUT2D eigenvalue weighted by atomic mass is 35.5. The third-order valence-electron chi connectivity index (χ3n) is 3.86. The van der Waals surface area contributed by atoms with E-state index in [1.165, 1.54) is 18.3 Å². The molecule has 140 valence electrons. The summed E-state index contributed by atoms with van der Waals surface area (Å²) in [4.78, 5) is 41.1. The lowest BCUT2D eigenvalue weighted by molar-refractivity contribution is -0.137. The summed E-state index contributed by atoms with van der Waals surface area (Å²) >= 11 is 5.82. The highest BCUT2D eigenvalue weighted by molar-refractivity contribution is 6.33. The van der Waals surface area contributed by atoms with Crippen LogP contribution in [0, 0.1) is 0 Å². The molecular formula is C17H11ClF3N3O3. The van der Waals surface area contributed by atoms with Crippen molar-refractivity contribution in [2.24, 2.45) is 0 Å². The number of amides is 3. The normalized spacial score (nSPS) is 13.7. The number of rotatable bonds is 4. The van der Waals surface area contributed by atoms with Crippen molar-refractivity contribution >= 4 is 35.0 Å². The van der Waals surface area contributed by atoms with Crippen LogP contribution in [0.3, 0.4) is 0 Å². The van der Waals surface area contributed by atoms with E-state index in [9.17, 15) is 27.6 Å². The summed E-state index contributed by atoms with van der Waals surface area (Å²) < 4.78 is 38.3. The summed E-state index contributed by atoms with van der Waals surface area (Å²) in [5.41, 5.74) is -1.03. The average molecular weight is 398 g/mol. The number of carbonyl (C=O) groups is 3. The van der Waals surface area contributed by atoms with Gasteiger partial charge in [-0.05, 0) is 30.3 Å². The second kappa shape index (κ2) is 6.99. The van der Waals surface area contributed by atoms with Crippen LogP contribution < -0.4 is 5.32 Å². The van der Waals surface area contributed by atoms with E-state index < -0.39 is 29.5 Å². The Bertz CT molecular complexity index is 912. The molecule has 2 aromatic rings. The van der Waals surface area contributed by atoms with E-state index in [1.807, 2.05) is 0 Å². The molecule has 27 heavy (non-hydrogen) atoms. The first kappa shape index (κ1) is 18.8. The second-order valence-corrected chi connectivity index (χ2v) is 6.06. The van der Waals surface area contributed by atoms with Gasteiger partial charge in [-0.25, -0.2) is 0 Å². The minimum atomic E-state index is -4.59. The van der Waals surface area contributed by atoms with E-state index in [0.717, 1.165) is 17.0 Å². The van der Waals surface area contributed by atoms with Crippen LogP contribution in [0.5, 0.6) is 0 Å². The number of benzene rings is 1. The predicted octanol–water partition coefficient (Wildman–Crippen LogP) is 3.38. The molecule has 3 amide bonds. The van der Waals surface area contributed by atoms with Crippen molar-refractivity contribution in [1.29, 1.82) is 0 Å². The standard InChI is InChI=1S/C17H11ClF3N3O3/c18-11-4-3-9(17(19,20)21)8-12(11)23-13(25)5-7-24-15(26)10-2-1-6-22-14(10)16(24)27/h1-4,6,8H,5,7H2,(H,23,25). The van der Waals surface area contributed by atoms with E-state index in [1.54, 1.807) is 0 Å². The number of halogens is 4. The van der Waals surface area contributed by atoms with Gasteiger partial charge in [-0.2, -0.15) is 13.2 Å². The molecule has 0 atom stereocenters.